The van der Waals surface area contributed by atoms with Crippen molar-refractivity contribution in [2.24, 2.45) is 0 Å². The van der Waals surface area contributed by atoms with E-state index in [1.54, 1.807) is 37.1 Å². The molecule has 1 atom stereocenters. The highest BCUT2D eigenvalue weighted by Crippen LogP contribution is 2.01. The molecule has 1 amide bonds. The number of carbonyl (C=O) groups is 1. The molecular formula is C7H11N3O. The molecule has 0 saturated carbocycles. The maximum Gasteiger partial charge on any atom is 0.244 e. The van der Waals surface area contributed by atoms with Gasteiger partial charge in [0.25, 0.3) is 0 Å². The molecule has 0 fully saturated rings. The molecule has 0 radical (unpaired) electrons. The van der Waals surface area contributed by atoms with E-state index in [0.717, 1.165) is 0 Å². The van der Waals surface area contributed by atoms with Crippen molar-refractivity contribution in [1.82, 2.24) is 15.1 Å². The molecule has 1 aromatic rings. The van der Waals surface area contributed by atoms with Crippen LogP contribution >= 0.6 is 0 Å². The molecular weight excluding hydrogens is 142 g/mol. The van der Waals surface area contributed by atoms with Gasteiger partial charge in [-0.05, 0) is 13.0 Å². The molecule has 60 valence electrons. The highest BCUT2D eigenvalue weighted by Gasteiger charge is 2.11. The zero-order valence-electron chi connectivity index (χ0n) is 6.61. The van der Waals surface area contributed by atoms with Crippen molar-refractivity contribution in [1.29, 1.82) is 0 Å². The van der Waals surface area contributed by atoms with Gasteiger partial charge in [0.05, 0.1) is 0 Å². The summed E-state index contributed by atoms with van der Waals surface area (Å²) in [6.07, 6.45) is 3.42. The number of nitrogens with zero attached hydrogens (tertiary/aromatic N) is 2. The van der Waals surface area contributed by atoms with E-state index >= 15 is 0 Å². The first-order valence-electron chi connectivity index (χ1n) is 3.46. The van der Waals surface area contributed by atoms with Crippen LogP contribution in [0.15, 0.2) is 18.5 Å². The van der Waals surface area contributed by atoms with Crippen molar-refractivity contribution in [2.45, 2.75) is 13.0 Å². The van der Waals surface area contributed by atoms with Crippen LogP contribution in [-0.2, 0) is 4.79 Å². The summed E-state index contributed by atoms with van der Waals surface area (Å²) in [4.78, 5) is 11.0. The molecule has 1 unspecified atom stereocenters. The Morgan fingerprint density at radius 1 is 1.73 bits per heavy atom. The Morgan fingerprint density at radius 3 is 2.91 bits per heavy atom. The van der Waals surface area contributed by atoms with Crippen molar-refractivity contribution in [3.05, 3.63) is 18.5 Å². The summed E-state index contributed by atoms with van der Waals surface area (Å²) in [5, 5.41) is 6.49. The van der Waals surface area contributed by atoms with Crippen LogP contribution in [0.2, 0.25) is 0 Å². The normalized spacial score (nSPS) is 12.5. The maximum absolute atomic E-state index is 11.0. The number of hydrogen-bond donors (Lipinski definition) is 1. The van der Waals surface area contributed by atoms with Crippen LogP contribution < -0.4 is 5.32 Å². The first-order chi connectivity index (χ1) is 5.25. The van der Waals surface area contributed by atoms with E-state index in [4.69, 9.17) is 0 Å². The molecule has 1 aromatic heterocycles. The predicted molar refractivity (Wildman–Crippen MR) is 41.0 cm³/mol. The molecule has 0 saturated heterocycles. The zero-order chi connectivity index (χ0) is 8.27. The fourth-order valence-corrected chi connectivity index (χ4v) is 0.839. The van der Waals surface area contributed by atoms with E-state index in [0.29, 0.717) is 0 Å². The smallest absolute Gasteiger partial charge is 0.244 e. The van der Waals surface area contributed by atoms with Crippen molar-refractivity contribution in [3.8, 4) is 0 Å². The average molecular weight is 153 g/mol. The van der Waals surface area contributed by atoms with E-state index in [-0.39, 0.29) is 11.9 Å². The van der Waals surface area contributed by atoms with E-state index in [2.05, 4.69) is 10.4 Å². The van der Waals surface area contributed by atoms with Gasteiger partial charge in [-0.3, -0.25) is 9.48 Å². The number of likely N-dealkylation sites (N-methyl/N-ethyl adjacent to an activating group) is 1. The molecule has 0 aliphatic carbocycles. The van der Waals surface area contributed by atoms with Gasteiger partial charge in [0, 0.05) is 19.4 Å². The van der Waals surface area contributed by atoms with Gasteiger partial charge in [-0.15, -0.1) is 0 Å². The third-order valence-electron chi connectivity index (χ3n) is 1.55. The summed E-state index contributed by atoms with van der Waals surface area (Å²) in [6, 6.07) is 1.56. The first-order valence-corrected chi connectivity index (χ1v) is 3.46. The van der Waals surface area contributed by atoms with Gasteiger partial charge in [0.1, 0.15) is 6.04 Å². The summed E-state index contributed by atoms with van der Waals surface area (Å²) in [7, 11) is 1.61. The van der Waals surface area contributed by atoms with Gasteiger partial charge in [0.15, 0.2) is 0 Å². The quantitative estimate of drug-likeness (QED) is 0.659. The van der Waals surface area contributed by atoms with Crippen LogP contribution in [0.5, 0.6) is 0 Å². The molecule has 4 heteroatoms. The molecule has 11 heavy (non-hydrogen) atoms. The number of carbonyl (C=O) groups excluding carboxylic acids is 1. The standard InChI is InChI=1S/C7H11N3O/c1-6(7(11)8-2)10-5-3-4-9-10/h3-6H,1-2H3,(H,8,11). The molecule has 4 nitrogen and oxygen atoms in total. The lowest BCUT2D eigenvalue weighted by Crippen LogP contribution is -2.27. The van der Waals surface area contributed by atoms with Crippen LogP contribution in [-0.4, -0.2) is 22.7 Å². The minimum Gasteiger partial charge on any atom is -0.357 e. The van der Waals surface area contributed by atoms with Gasteiger partial charge in [-0.1, -0.05) is 0 Å². The lowest BCUT2D eigenvalue weighted by atomic mass is 10.3. The Morgan fingerprint density at radius 2 is 2.45 bits per heavy atom. The average Bonchev–Trinajstić information content (AvgIpc) is 2.53. The Labute approximate surface area is 65.2 Å². The highest BCUT2D eigenvalue weighted by atomic mass is 16.2. The SMILES string of the molecule is CNC(=O)C(C)n1cccn1. The predicted octanol–water partition coefficient (Wildman–Crippen LogP) is 0.190. The fourth-order valence-electron chi connectivity index (χ4n) is 0.839. The van der Waals surface area contributed by atoms with Crippen LogP contribution in [0.4, 0.5) is 0 Å². The van der Waals surface area contributed by atoms with Crippen molar-refractivity contribution in [2.75, 3.05) is 7.05 Å². The van der Waals surface area contributed by atoms with Gasteiger partial charge in [-0.25, -0.2) is 0 Å². The molecule has 0 aromatic carbocycles. The van der Waals surface area contributed by atoms with Crippen LogP contribution in [0.3, 0.4) is 0 Å². The van der Waals surface area contributed by atoms with E-state index in [1.807, 2.05) is 0 Å². The van der Waals surface area contributed by atoms with Gasteiger partial charge >= 0.3 is 0 Å². The second kappa shape index (κ2) is 3.18. The largest absolute Gasteiger partial charge is 0.357 e. The monoisotopic (exact) mass is 153 g/mol. The maximum atomic E-state index is 11.0. The van der Waals surface area contributed by atoms with Gasteiger partial charge in [0.2, 0.25) is 5.91 Å². The number of hydrogen-bond acceptors (Lipinski definition) is 2. The van der Waals surface area contributed by atoms with E-state index < -0.39 is 0 Å². The molecule has 0 aliphatic rings. The third kappa shape index (κ3) is 1.58. The lowest BCUT2D eigenvalue weighted by Gasteiger charge is -2.09. The number of nitrogens with one attached hydrogen (secondary N) is 1. The second-order valence-corrected chi connectivity index (χ2v) is 2.28. The van der Waals surface area contributed by atoms with E-state index in [9.17, 15) is 4.79 Å². The van der Waals surface area contributed by atoms with Gasteiger partial charge in [-0.2, -0.15) is 5.10 Å². The van der Waals surface area contributed by atoms with Crippen LogP contribution in [0.25, 0.3) is 0 Å². The first kappa shape index (κ1) is 7.78. The fraction of sp³-hybridized carbons (Fsp3) is 0.429. The molecule has 1 heterocycles. The minimum atomic E-state index is -0.227. The Kier molecular flexibility index (Phi) is 2.25. The molecule has 1 rings (SSSR count). The van der Waals surface area contributed by atoms with Crippen LogP contribution in [0, 0.1) is 0 Å². The number of rotatable bonds is 2. The third-order valence-corrected chi connectivity index (χ3v) is 1.55. The molecule has 0 bridgehead atoms. The topological polar surface area (TPSA) is 46.9 Å². The van der Waals surface area contributed by atoms with Crippen molar-refractivity contribution >= 4 is 5.91 Å². The highest BCUT2D eigenvalue weighted by molar-refractivity contribution is 5.79. The summed E-state index contributed by atoms with van der Waals surface area (Å²) >= 11 is 0. The van der Waals surface area contributed by atoms with Crippen molar-refractivity contribution in [3.63, 3.8) is 0 Å². The van der Waals surface area contributed by atoms with Crippen molar-refractivity contribution < 1.29 is 4.79 Å². The summed E-state index contributed by atoms with van der Waals surface area (Å²) < 4.78 is 1.61. The Bertz CT molecular complexity index is 230. The Balaban J connectivity index is 2.70. The van der Waals surface area contributed by atoms with E-state index in [1.165, 1.54) is 0 Å². The molecule has 0 spiro atoms. The summed E-state index contributed by atoms with van der Waals surface area (Å²) in [5.74, 6) is -0.0336. The lowest BCUT2D eigenvalue weighted by molar-refractivity contribution is -0.123. The van der Waals surface area contributed by atoms with Crippen LogP contribution in [0.1, 0.15) is 13.0 Å². The minimum absolute atomic E-state index is 0.0336. The van der Waals surface area contributed by atoms with Gasteiger partial charge < -0.3 is 5.32 Å². The summed E-state index contributed by atoms with van der Waals surface area (Å²) in [5.41, 5.74) is 0. The molecule has 0 aliphatic heterocycles. The number of aromatic nitrogens is 2. The number of amides is 1. The molecule has 1 N–H and O–H groups in total. The summed E-state index contributed by atoms with van der Waals surface area (Å²) in [6.45, 7) is 1.80. The second-order valence-electron chi connectivity index (χ2n) is 2.28. The Hall–Kier alpha value is -1.32. The zero-order valence-corrected chi connectivity index (χ0v) is 6.61.